The van der Waals surface area contributed by atoms with E-state index in [1.807, 2.05) is 0 Å². The molecule has 108 valence electrons. The van der Waals surface area contributed by atoms with Gasteiger partial charge in [-0.1, -0.05) is 27.7 Å². The van der Waals surface area contributed by atoms with Crippen molar-refractivity contribution >= 4 is 0 Å². The summed E-state index contributed by atoms with van der Waals surface area (Å²) in [7, 11) is 1.76. The van der Waals surface area contributed by atoms with Crippen molar-refractivity contribution in [2.24, 2.45) is 11.3 Å². The van der Waals surface area contributed by atoms with Gasteiger partial charge in [-0.15, -0.1) is 0 Å². The van der Waals surface area contributed by atoms with E-state index in [2.05, 4.69) is 33.0 Å². The first-order chi connectivity index (χ1) is 8.37. The number of aliphatic hydroxyl groups excluding tert-OH is 1. The fourth-order valence-electron chi connectivity index (χ4n) is 2.41. The maximum Gasteiger partial charge on any atom is 0.0897 e. The van der Waals surface area contributed by atoms with Gasteiger partial charge in [0, 0.05) is 31.7 Å². The molecule has 0 heterocycles. The Labute approximate surface area is 111 Å². The summed E-state index contributed by atoms with van der Waals surface area (Å²) in [4.78, 5) is 0. The zero-order valence-corrected chi connectivity index (χ0v) is 12.4. The molecule has 18 heavy (non-hydrogen) atoms. The number of ether oxygens (including phenoxy) is 2. The maximum absolute atomic E-state index is 9.81. The fourth-order valence-corrected chi connectivity index (χ4v) is 2.41. The summed E-state index contributed by atoms with van der Waals surface area (Å²) in [6.07, 6.45) is 0.911. The van der Waals surface area contributed by atoms with Crippen molar-refractivity contribution in [2.45, 2.75) is 52.4 Å². The number of hydrogen-bond donors (Lipinski definition) is 2. The van der Waals surface area contributed by atoms with Crippen LogP contribution in [0.5, 0.6) is 0 Å². The minimum atomic E-state index is -0.429. The van der Waals surface area contributed by atoms with Crippen LogP contribution in [0.2, 0.25) is 0 Å². The number of hydrogen-bond acceptors (Lipinski definition) is 4. The first kappa shape index (κ1) is 15.9. The van der Waals surface area contributed by atoms with E-state index in [0.717, 1.165) is 6.42 Å². The van der Waals surface area contributed by atoms with Crippen molar-refractivity contribution < 1.29 is 14.6 Å². The van der Waals surface area contributed by atoms with E-state index in [-0.39, 0.29) is 5.41 Å². The average Bonchev–Trinajstić information content (AvgIpc) is 2.27. The Bertz CT molecular complexity index is 243. The lowest BCUT2D eigenvalue weighted by Gasteiger charge is -2.51. The van der Waals surface area contributed by atoms with Crippen LogP contribution in [0.4, 0.5) is 0 Å². The van der Waals surface area contributed by atoms with Gasteiger partial charge >= 0.3 is 0 Å². The molecule has 0 spiro atoms. The SMILES string of the molecule is COC1CC(NCC(O)COCC(C)C)C1(C)C. The fraction of sp³-hybridized carbons (Fsp3) is 1.00. The van der Waals surface area contributed by atoms with Gasteiger partial charge in [-0.3, -0.25) is 0 Å². The van der Waals surface area contributed by atoms with Gasteiger partial charge in [0.15, 0.2) is 0 Å². The molecule has 1 rings (SSSR count). The average molecular weight is 259 g/mol. The molecule has 1 fully saturated rings. The Morgan fingerprint density at radius 3 is 2.50 bits per heavy atom. The van der Waals surface area contributed by atoms with Crippen molar-refractivity contribution in [3.05, 3.63) is 0 Å². The highest BCUT2D eigenvalue weighted by molar-refractivity contribution is 5.02. The van der Waals surface area contributed by atoms with Crippen molar-refractivity contribution in [1.82, 2.24) is 5.32 Å². The Kier molecular flexibility index (Phi) is 6.05. The van der Waals surface area contributed by atoms with Crippen LogP contribution in [-0.4, -0.2) is 50.2 Å². The largest absolute Gasteiger partial charge is 0.389 e. The summed E-state index contributed by atoms with van der Waals surface area (Å²) in [6, 6.07) is 0.419. The number of aliphatic hydroxyl groups is 1. The minimum absolute atomic E-state index is 0.146. The molecule has 0 saturated heterocycles. The second kappa shape index (κ2) is 6.85. The molecule has 4 nitrogen and oxygen atoms in total. The first-order valence-corrected chi connectivity index (χ1v) is 6.90. The van der Waals surface area contributed by atoms with Gasteiger partial charge in [0.1, 0.15) is 0 Å². The molecule has 0 bridgehead atoms. The molecule has 0 amide bonds. The monoisotopic (exact) mass is 259 g/mol. The normalized spacial score (nSPS) is 28.2. The predicted octanol–water partition coefficient (Wildman–Crippen LogP) is 1.42. The number of nitrogens with one attached hydrogen (secondary N) is 1. The molecule has 0 radical (unpaired) electrons. The Balaban J connectivity index is 2.14. The van der Waals surface area contributed by atoms with E-state index in [1.54, 1.807) is 7.11 Å². The van der Waals surface area contributed by atoms with E-state index < -0.39 is 6.10 Å². The molecule has 1 aliphatic carbocycles. The summed E-state index contributed by atoms with van der Waals surface area (Å²) in [6.45, 7) is 10.3. The van der Waals surface area contributed by atoms with Gasteiger partial charge in [-0.25, -0.2) is 0 Å². The second-order valence-corrected chi connectivity index (χ2v) is 6.33. The molecule has 3 atom stereocenters. The van der Waals surface area contributed by atoms with Crippen LogP contribution in [0.3, 0.4) is 0 Å². The van der Waals surface area contributed by atoms with Crippen molar-refractivity contribution in [3.63, 3.8) is 0 Å². The lowest BCUT2D eigenvalue weighted by Crippen LogP contribution is -2.61. The molecule has 3 unspecified atom stereocenters. The van der Waals surface area contributed by atoms with Crippen LogP contribution in [0.1, 0.15) is 34.1 Å². The van der Waals surface area contributed by atoms with Crippen LogP contribution in [0.15, 0.2) is 0 Å². The van der Waals surface area contributed by atoms with Crippen LogP contribution < -0.4 is 5.32 Å². The Morgan fingerprint density at radius 2 is 2.00 bits per heavy atom. The molecular formula is C14H29NO3. The third-order valence-electron chi connectivity index (χ3n) is 3.82. The summed E-state index contributed by atoms with van der Waals surface area (Å²) in [5, 5.41) is 13.2. The number of methoxy groups -OCH3 is 1. The van der Waals surface area contributed by atoms with Crippen molar-refractivity contribution in [1.29, 1.82) is 0 Å². The second-order valence-electron chi connectivity index (χ2n) is 6.33. The van der Waals surface area contributed by atoms with E-state index in [4.69, 9.17) is 9.47 Å². The van der Waals surface area contributed by atoms with Crippen LogP contribution >= 0.6 is 0 Å². The topological polar surface area (TPSA) is 50.7 Å². The van der Waals surface area contributed by atoms with E-state index in [1.165, 1.54) is 0 Å². The summed E-state index contributed by atoms with van der Waals surface area (Å²) >= 11 is 0. The van der Waals surface area contributed by atoms with Crippen LogP contribution in [0.25, 0.3) is 0 Å². The van der Waals surface area contributed by atoms with Gasteiger partial charge in [-0.2, -0.15) is 0 Å². The number of rotatable bonds is 8. The van der Waals surface area contributed by atoms with Gasteiger partial charge in [-0.05, 0) is 12.3 Å². The third-order valence-corrected chi connectivity index (χ3v) is 3.82. The van der Waals surface area contributed by atoms with Crippen molar-refractivity contribution in [3.8, 4) is 0 Å². The van der Waals surface area contributed by atoms with Gasteiger partial charge < -0.3 is 19.9 Å². The zero-order valence-electron chi connectivity index (χ0n) is 12.4. The predicted molar refractivity (Wildman–Crippen MR) is 72.6 cm³/mol. The summed E-state index contributed by atoms with van der Waals surface area (Å²) in [5.74, 6) is 0.512. The molecule has 0 aromatic heterocycles. The summed E-state index contributed by atoms with van der Waals surface area (Å²) < 4.78 is 10.8. The van der Waals surface area contributed by atoms with Crippen molar-refractivity contribution in [2.75, 3.05) is 26.9 Å². The Hall–Kier alpha value is -0.160. The Morgan fingerprint density at radius 1 is 1.33 bits per heavy atom. The summed E-state index contributed by atoms with van der Waals surface area (Å²) in [5.41, 5.74) is 0.146. The molecule has 2 N–H and O–H groups in total. The van der Waals surface area contributed by atoms with Crippen LogP contribution in [-0.2, 0) is 9.47 Å². The molecule has 0 aromatic carbocycles. The molecule has 4 heteroatoms. The van der Waals surface area contributed by atoms with Crippen LogP contribution in [0, 0.1) is 11.3 Å². The highest BCUT2D eigenvalue weighted by atomic mass is 16.5. The molecule has 0 aromatic rings. The lowest BCUT2D eigenvalue weighted by molar-refractivity contribution is -0.100. The third kappa shape index (κ3) is 4.19. The molecule has 1 saturated carbocycles. The van der Waals surface area contributed by atoms with Gasteiger partial charge in [0.2, 0.25) is 0 Å². The van der Waals surface area contributed by atoms with E-state index in [0.29, 0.717) is 37.8 Å². The smallest absolute Gasteiger partial charge is 0.0897 e. The van der Waals surface area contributed by atoms with Gasteiger partial charge in [0.05, 0.1) is 18.8 Å². The lowest BCUT2D eigenvalue weighted by atomic mass is 9.64. The first-order valence-electron chi connectivity index (χ1n) is 6.90. The molecule has 1 aliphatic rings. The molecular weight excluding hydrogens is 230 g/mol. The van der Waals surface area contributed by atoms with E-state index >= 15 is 0 Å². The highest BCUT2D eigenvalue weighted by Crippen LogP contribution is 2.42. The molecule has 0 aliphatic heterocycles. The van der Waals surface area contributed by atoms with E-state index in [9.17, 15) is 5.11 Å². The minimum Gasteiger partial charge on any atom is -0.389 e. The zero-order chi connectivity index (χ0) is 13.8. The highest BCUT2D eigenvalue weighted by Gasteiger charge is 2.48. The van der Waals surface area contributed by atoms with Gasteiger partial charge in [0.25, 0.3) is 0 Å². The standard InChI is InChI=1S/C14H29NO3/c1-10(2)8-18-9-11(16)7-15-12-6-13(17-5)14(12,3)4/h10-13,15-16H,6-9H2,1-5H3. The quantitative estimate of drug-likeness (QED) is 0.692. The maximum atomic E-state index is 9.81.